The van der Waals surface area contributed by atoms with Crippen molar-refractivity contribution in [1.82, 2.24) is 4.98 Å². The molecule has 106 valence electrons. The van der Waals surface area contributed by atoms with Crippen molar-refractivity contribution in [3.63, 3.8) is 0 Å². The van der Waals surface area contributed by atoms with Gasteiger partial charge in [0.05, 0.1) is 5.52 Å². The maximum Gasteiger partial charge on any atom is 0.131 e. The minimum Gasteiger partial charge on any atom is -0.489 e. The summed E-state index contributed by atoms with van der Waals surface area (Å²) in [6.07, 6.45) is 1.76. The number of ether oxygens (including phenoxy) is 1. The normalized spacial score (nSPS) is 10.8. The van der Waals surface area contributed by atoms with Gasteiger partial charge in [-0.1, -0.05) is 18.2 Å². The fourth-order valence-corrected chi connectivity index (χ4v) is 2.16. The van der Waals surface area contributed by atoms with Crippen LogP contribution >= 0.6 is 0 Å². The lowest BCUT2D eigenvalue weighted by atomic mass is 10.1. The third-order valence-electron chi connectivity index (χ3n) is 3.32. The van der Waals surface area contributed by atoms with Crippen LogP contribution in [-0.2, 0) is 13.2 Å². The number of pyridine rings is 1. The smallest absolute Gasteiger partial charge is 0.131 e. The first kappa shape index (κ1) is 13.5. The molecule has 3 rings (SSSR count). The lowest BCUT2D eigenvalue weighted by molar-refractivity contribution is 0.304. The summed E-state index contributed by atoms with van der Waals surface area (Å²) in [5.74, 6) is 0.161. The van der Waals surface area contributed by atoms with Crippen LogP contribution < -0.4 is 10.5 Å². The average molecular weight is 282 g/mol. The van der Waals surface area contributed by atoms with Gasteiger partial charge in [-0.3, -0.25) is 4.98 Å². The van der Waals surface area contributed by atoms with Crippen molar-refractivity contribution in [2.24, 2.45) is 5.73 Å². The van der Waals surface area contributed by atoms with Crippen molar-refractivity contribution in [3.8, 4) is 5.75 Å². The van der Waals surface area contributed by atoms with Gasteiger partial charge in [-0.05, 0) is 29.8 Å². The Kier molecular flexibility index (Phi) is 3.79. The predicted octanol–water partition coefficient (Wildman–Crippen LogP) is 3.41. The summed E-state index contributed by atoms with van der Waals surface area (Å²) in [5, 5.41) is 1.06. The van der Waals surface area contributed by atoms with Crippen molar-refractivity contribution >= 4 is 10.9 Å². The zero-order valence-corrected chi connectivity index (χ0v) is 11.4. The number of nitrogens with two attached hydrogens (primary N) is 1. The Morgan fingerprint density at radius 2 is 2.00 bits per heavy atom. The van der Waals surface area contributed by atoms with Gasteiger partial charge in [-0.25, -0.2) is 4.39 Å². The molecule has 0 aliphatic heterocycles. The molecule has 3 nitrogen and oxygen atoms in total. The zero-order chi connectivity index (χ0) is 14.7. The Morgan fingerprint density at radius 3 is 2.81 bits per heavy atom. The largest absolute Gasteiger partial charge is 0.489 e. The van der Waals surface area contributed by atoms with Crippen LogP contribution in [0.3, 0.4) is 0 Å². The highest BCUT2D eigenvalue weighted by atomic mass is 19.1. The van der Waals surface area contributed by atoms with Gasteiger partial charge < -0.3 is 10.5 Å². The van der Waals surface area contributed by atoms with E-state index in [2.05, 4.69) is 4.98 Å². The van der Waals surface area contributed by atoms with Gasteiger partial charge in [-0.2, -0.15) is 0 Å². The second-order valence-corrected chi connectivity index (χ2v) is 4.78. The van der Waals surface area contributed by atoms with E-state index in [4.69, 9.17) is 10.5 Å². The highest BCUT2D eigenvalue weighted by molar-refractivity contribution is 5.78. The molecule has 2 aromatic carbocycles. The number of rotatable bonds is 4. The van der Waals surface area contributed by atoms with Crippen molar-refractivity contribution < 1.29 is 9.13 Å². The molecular formula is C17H15FN2O. The fraction of sp³-hybridized carbons (Fsp3) is 0.118. The molecule has 3 aromatic rings. The van der Waals surface area contributed by atoms with Crippen LogP contribution in [0.25, 0.3) is 10.9 Å². The molecule has 2 N–H and O–H groups in total. The highest BCUT2D eigenvalue weighted by Crippen LogP contribution is 2.19. The number of hydrogen-bond donors (Lipinski definition) is 1. The predicted molar refractivity (Wildman–Crippen MR) is 80.4 cm³/mol. The van der Waals surface area contributed by atoms with Gasteiger partial charge in [0.25, 0.3) is 0 Å². The van der Waals surface area contributed by atoms with E-state index in [9.17, 15) is 4.39 Å². The maximum absolute atomic E-state index is 13.6. The van der Waals surface area contributed by atoms with E-state index >= 15 is 0 Å². The van der Waals surface area contributed by atoms with Crippen LogP contribution in [0.1, 0.15) is 11.1 Å². The van der Waals surface area contributed by atoms with E-state index in [1.54, 1.807) is 18.3 Å². The summed E-state index contributed by atoms with van der Waals surface area (Å²) in [7, 11) is 0. The molecule has 0 atom stereocenters. The van der Waals surface area contributed by atoms with Crippen molar-refractivity contribution in [2.75, 3.05) is 0 Å². The summed E-state index contributed by atoms with van der Waals surface area (Å²) in [6.45, 7) is 0.566. The molecule has 0 amide bonds. The minimum atomic E-state index is -0.335. The lowest BCUT2D eigenvalue weighted by Crippen LogP contribution is -2.01. The third kappa shape index (κ3) is 3.01. The Bertz CT molecular complexity index is 774. The van der Waals surface area contributed by atoms with E-state index in [1.807, 2.05) is 30.3 Å². The Labute approximate surface area is 122 Å². The van der Waals surface area contributed by atoms with E-state index in [1.165, 1.54) is 6.07 Å². The molecule has 0 aliphatic rings. The van der Waals surface area contributed by atoms with Gasteiger partial charge in [0.1, 0.15) is 18.2 Å². The standard InChI is InChI=1S/C17H15FN2O/c18-16-9-15(5-4-14(16)10-19)21-11-12-3-6-17-13(8-12)2-1-7-20-17/h1-9H,10-11,19H2. The Morgan fingerprint density at radius 1 is 1.10 bits per heavy atom. The monoisotopic (exact) mass is 282 g/mol. The summed E-state index contributed by atoms with van der Waals surface area (Å²) < 4.78 is 19.2. The number of benzene rings is 2. The molecule has 0 bridgehead atoms. The van der Waals surface area contributed by atoms with Crippen molar-refractivity contribution in [3.05, 3.63) is 71.7 Å². The van der Waals surface area contributed by atoms with Gasteiger partial charge in [0.15, 0.2) is 0 Å². The number of aromatic nitrogens is 1. The SMILES string of the molecule is NCc1ccc(OCc2ccc3ncccc3c2)cc1F. The molecule has 0 aliphatic carbocycles. The molecule has 0 radical (unpaired) electrons. The summed E-state index contributed by atoms with van der Waals surface area (Å²) in [6, 6.07) is 14.6. The summed E-state index contributed by atoms with van der Waals surface area (Å²) >= 11 is 0. The Balaban J connectivity index is 1.75. The third-order valence-corrected chi connectivity index (χ3v) is 3.32. The van der Waals surface area contributed by atoms with Gasteiger partial charge in [-0.15, -0.1) is 0 Å². The summed E-state index contributed by atoms with van der Waals surface area (Å²) in [4.78, 5) is 4.27. The molecule has 0 fully saturated rings. The van der Waals surface area contributed by atoms with Crippen LogP contribution in [0.5, 0.6) is 5.75 Å². The second kappa shape index (κ2) is 5.89. The van der Waals surface area contributed by atoms with E-state index in [0.29, 0.717) is 17.9 Å². The van der Waals surface area contributed by atoms with Crippen molar-refractivity contribution in [1.29, 1.82) is 0 Å². The average Bonchev–Trinajstić information content (AvgIpc) is 2.53. The van der Waals surface area contributed by atoms with Crippen LogP contribution in [0.2, 0.25) is 0 Å². The molecule has 0 saturated carbocycles. The number of halogens is 1. The first-order valence-electron chi connectivity index (χ1n) is 6.71. The Hall–Kier alpha value is -2.46. The number of fused-ring (bicyclic) bond motifs is 1. The number of nitrogens with zero attached hydrogens (tertiary/aromatic N) is 1. The van der Waals surface area contributed by atoms with Crippen LogP contribution in [0.15, 0.2) is 54.7 Å². The molecular weight excluding hydrogens is 267 g/mol. The quantitative estimate of drug-likeness (QED) is 0.797. The van der Waals surface area contributed by atoms with Gasteiger partial charge >= 0.3 is 0 Å². The van der Waals surface area contributed by atoms with Gasteiger partial charge in [0, 0.05) is 29.8 Å². The topological polar surface area (TPSA) is 48.1 Å². The molecule has 0 saturated heterocycles. The number of hydrogen-bond acceptors (Lipinski definition) is 3. The molecule has 4 heteroatoms. The van der Waals surface area contributed by atoms with Crippen LogP contribution in [0, 0.1) is 5.82 Å². The lowest BCUT2D eigenvalue weighted by Gasteiger charge is -2.08. The highest BCUT2D eigenvalue weighted by Gasteiger charge is 2.03. The molecule has 0 unspecified atom stereocenters. The van der Waals surface area contributed by atoms with E-state index in [0.717, 1.165) is 16.5 Å². The fourth-order valence-electron chi connectivity index (χ4n) is 2.16. The maximum atomic E-state index is 13.6. The first-order chi connectivity index (χ1) is 10.3. The first-order valence-corrected chi connectivity index (χ1v) is 6.71. The molecule has 21 heavy (non-hydrogen) atoms. The molecule has 0 spiro atoms. The summed E-state index contributed by atoms with van der Waals surface area (Å²) in [5.41, 5.74) is 7.87. The molecule has 1 heterocycles. The van der Waals surface area contributed by atoms with E-state index in [-0.39, 0.29) is 12.4 Å². The van der Waals surface area contributed by atoms with Crippen molar-refractivity contribution in [2.45, 2.75) is 13.2 Å². The van der Waals surface area contributed by atoms with E-state index < -0.39 is 0 Å². The second-order valence-electron chi connectivity index (χ2n) is 4.78. The van der Waals surface area contributed by atoms with Crippen LogP contribution in [0.4, 0.5) is 4.39 Å². The van der Waals surface area contributed by atoms with Crippen LogP contribution in [-0.4, -0.2) is 4.98 Å². The minimum absolute atomic E-state index is 0.184. The zero-order valence-electron chi connectivity index (χ0n) is 11.4. The molecule has 1 aromatic heterocycles. The van der Waals surface area contributed by atoms with Gasteiger partial charge in [0.2, 0.25) is 0 Å².